The maximum atomic E-state index is 11.4. The molecule has 0 aromatic carbocycles. The molecule has 0 aliphatic heterocycles. The third-order valence-electron chi connectivity index (χ3n) is 1.79. The van der Waals surface area contributed by atoms with E-state index in [4.69, 9.17) is 4.74 Å². The summed E-state index contributed by atoms with van der Waals surface area (Å²) in [5.41, 5.74) is 0. The van der Waals surface area contributed by atoms with Crippen LogP contribution in [0.2, 0.25) is 0 Å². The number of thioether (sulfide) groups is 1. The van der Waals surface area contributed by atoms with Crippen molar-refractivity contribution in [1.29, 1.82) is 0 Å². The van der Waals surface area contributed by atoms with E-state index in [0.29, 0.717) is 11.5 Å². The Morgan fingerprint density at radius 1 is 1.47 bits per heavy atom. The van der Waals surface area contributed by atoms with E-state index in [2.05, 4.69) is 18.5 Å². The van der Waals surface area contributed by atoms with Gasteiger partial charge in [0, 0.05) is 7.05 Å². The fraction of sp³-hybridized carbons (Fsp3) is 0.636. The molecular formula is C11H19NO2S. The minimum atomic E-state index is -0.334. The van der Waals surface area contributed by atoms with Crippen LogP contribution < -0.4 is 0 Å². The smallest absolute Gasteiger partial charge is 0.344 e. The van der Waals surface area contributed by atoms with Gasteiger partial charge >= 0.3 is 5.97 Å². The molecule has 4 heteroatoms. The first-order valence-corrected chi connectivity index (χ1v) is 5.90. The highest BCUT2D eigenvalue weighted by molar-refractivity contribution is 8.17. The number of hydrogen-bond donors (Lipinski definition) is 0. The summed E-state index contributed by atoms with van der Waals surface area (Å²) in [6.45, 7) is 8.07. The van der Waals surface area contributed by atoms with Crippen LogP contribution in [0.5, 0.6) is 0 Å². The molecule has 0 atom stereocenters. The Bertz CT molecular complexity index is 249. The van der Waals surface area contributed by atoms with E-state index < -0.39 is 0 Å². The summed E-state index contributed by atoms with van der Waals surface area (Å²) in [6, 6.07) is 0. The molecule has 0 amide bonds. The number of nitrogens with zero attached hydrogens (tertiary/aromatic N) is 1. The molecule has 0 fully saturated rings. The Balaban J connectivity index is 3.75. The Labute approximate surface area is 96.0 Å². The third kappa shape index (κ3) is 7.19. The van der Waals surface area contributed by atoms with Crippen LogP contribution in [0.25, 0.3) is 0 Å². The van der Waals surface area contributed by atoms with Gasteiger partial charge in [-0.2, -0.15) is 0 Å². The van der Waals surface area contributed by atoms with Crippen LogP contribution in [0.4, 0.5) is 0 Å². The Morgan fingerprint density at radius 2 is 2.13 bits per heavy atom. The molecule has 0 aromatic rings. The summed E-state index contributed by atoms with van der Waals surface area (Å²) in [4.78, 5) is 15.7. The molecule has 0 bridgehead atoms. The molecule has 0 saturated heterocycles. The topological polar surface area (TPSA) is 38.7 Å². The lowest BCUT2D eigenvalue weighted by atomic mass is 10.3. The van der Waals surface area contributed by atoms with E-state index in [1.54, 1.807) is 7.05 Å². The van der Waals surface area contributed by atoms with Gasteiger partial charge in [-0.3, -0.25) is 4.99 Å². The first-order valence-electron chi connectivity index (χ1n) is 5.09. The quantitative estimate of drug-likeness (QED) is 0.231. The standard InChI is InChI=1S/C11H19NO2S/c1-5-6-7-8-14-11(13)9(2)15-10(3)12-4/h2,5-8H2,1,3-4H3. The van der Waals surface area contributed by atoms with Crippen LogP contribution in [-0.2, 0) is 9.53 Å². The molecule has 0 radical (unpaired) electrons. The van der Waals surface area contributed by atoms with E-state index >= 15 is 0 Å². The molecule has 0 N–H and O–H groups in total. The Hall–Kier alpha value is -0.770. The molecule has 0 heterocycles. The van der Waals surface area contributed by atoms with Crippen molar-refractivity contribution in [3.8, 4) is 0 Å². The molecule has 0 unspecified atom stereocenters. The molecule has 0 spiro atoms. The highest BCUT2D eigenvalue weighted by Gasteiger charge is 2.09. The fourth-order valence-electron chi connectivity index (χ4n) is 0.863. The van der Waals surface area contributed by atoms with Crippen LogP contribution in [0.1, 0.15) is 33.1 Å². The normalized spacial score (nSPS) is 11.3. The Morgan fingerprint density at radius 3 is 2.67 bits per heavy atom. The zero-order chi connectivity index (χ0) is 11.7. The lowest BCUT2D eigenvalue weighted by Gasteiger charge is -2.05. The maximum Gasteiger partial charge on any atom is 0.344 e. The predicted octanol–water partition coefficient (Wildman–Crippen LogP) is 3.01. The summed E-state index contributed by atoms with van der Waals surface area (Å²) < 4.78 is 5.04. The fourth-order valence-corrected chi connectivity index (χ4v) is 1.45. The second kappa shape index (κ2) is 8.53. The molecule has 0 aromatic heterocycles. The van der Waals surface area contributed by atoms with E-state index in [0.717, 1.165) is 24.3 Å². The van der Waals surface area contributed by atoms with Crippen LogP contribution in [0.3, 0.4) is 0 Å². The summed E-state index contributed by atoms with van der Waals surface area (Å²) in [5, 5.41) is 0.811. The summed E-state index contributed by atoms with van der Waals surface area (Å²) in [6.07, 6.45) is 3.12. The predicted molar refractivity (Wildman–Crippen MR) is 66.2 cm³/mol. The second-order valence-electron chi connectivity index (χ2n) is 3.11. The van der Waals surface area contributed by atoms with Gasteiger partial charge in [0.05, 0.1) is 16.6 Å². The van der Waals surface area contributed by atoms with Crippen LogP contribution in [0, 0.1) is 0 Å². The minimum Gasteiger partial charge on any atom is -0.462 e. The van der Waals surface area contributed by atoms with Crippen molar-refractivity contribution < 1.29 is 9.53 Å². The zero-order valence-electron chi connectivity index (χ0n) is 9.71. The van der Waals surface area contributed by atoms with E-state index in [1.165, 1.54) is 11.8 Å². The van der Waals surface area contributed by atoms with Crippen molar-refractivity contribution >= 4 is 22.8 Å². The number of ether oxygens (including phenoxy) is 1. The highest BCUT2D eigenvalue weighted by atomic mass is 32.2. The van der Waals surface area contributed by atoms with Gasteiger partial charge < -0.3 is 4.74 Å². The third-order valence-corrected chi connectivity index (χ3v) is 2.69. The summed E-state index contributed by atoms with van der Waals surface area (Å²) in [5.74, 6) is -0.334. The first-order chi connectivity index (χ1) is 7.11. The minimum absolute atomic E-state index is 0.334. The summed E-state index contributed by atoms with van der Waals surface area (Å²) >= 11 is 1.25. The molecule has 0 aliphatic carbocycles. The summed E-state index contributed by atoms with van der Waals surface area (Å²) in [7, 11) is 1.68. The van der Waals surface area contributed by atoms with Crippen molar-refractivity contribution in [1.82, 2.24) is 0 Å². The molecule has 15 heavy (non-hydrogen) atoms. The van der Waals surface area contributed by atoms with E-state index in [-0.39, 0.29) is 5.97 Å². The SMILES string of the molecule is C=C(SC(C)=NC)C(=O)OCCCCC. The van der Waals surface area contributed by atoms with Crippen molar-refractivity contribution in [2.24, 2.45) is 4.99 Å². The lowest BCUT2D eigenvalue weighted by molar-refractivity contribution is -0.138. The lowest BCUT2D eigenvalue weighted by Crippen LogP contribution is -2.07. The monoisotopic (exact) mass is 229 g/mol. The van der Waals surface area contributed by atoms with Gasteiger partial charge in [-0.25, -0.2) is 4.79 Å². The van der Waals surface area contributed by atoms with E-state index in [1.807, 2.05) is 6.92 Å². The average Bonchev–Trinajstić information content (AvgIpc) is 2.23. The van der Waals surface area contributed by atoms with Crippen molar-refractivity contribution in [3.05, 3.63) is 11.5 Å². The van der Waals surface area contributed by atoms with Crippen LogP contribution in [0.15, 0.2) is 16.5 Å². The molecular weight excluding hydrogens is 210 g/mol. The Kier molecular flexibility index (Phi) is 8.09. The van der Waals surface area contributed by atoms with Gasteiger partial charge in [0.15, 0.2) is 0 Å². The van der Waals surface area contributed by atoms with Gasteiger partial charge in [-0.05, 0) is 13.3 Å². The number of aliphatic imine (C=N–C) groups is 1. The van der Waals surface area contributed by atoms with Crippen molar-refractivity contribution in [2.45, 2.75) is 33.1 Å². The highest BCUT2D eigenvalue weighted by Crippen LogP contribution is 2.16. The maximum absolute atomic E-state index is 11.4. The number of unbranched alkanes of at least 4 members (excludes halogenated alkanes) is 2. The van der Waals surface area contributed by atoms with Crippen molar-refractivity contribution in [2.75, 3.05) is 13.7 Å². The van der Waals surface area contributed by atoms with E-state index in [9.17, 15) is 4.79 Å². The van der Waals surface area contributed by atoms with Crippen LogP contribution in [-0.4, -0.2) is 24.7 Å². The molecule has 0 rings (SSSR count). The van der Waals surface area contributed by atoms with Gasteiger partial charge in [0.1, 0.15) is 0 Å². The van der Waals surface area contributed by atoms with Gasteiger partial charge in [0.2, 0.25) is 0 Å². The second-order valence-corrected chi connectivity index (χ2v) is 4.40. The number of esters is 1. The van der Waals surface area contributed by atoms with Gasteiger partial charge in [-0.1, -0.05) is 38.1 Å². The van der Waals surface area contributed by atoms with Crippen molar-refractivity contribution in [3.63, 3.8) is 0 Å². The first kappa shape index (κ1) is 14.2. The number of carbonyl (C=O) groups is 1. The molecule has 0 aliphatic rings. The molecule has 0 saturated carbocycles. The van der Waals surface area contributed by atoms with Gasteiger partial charge in [-0.15, -0.1) is 0 Å². The number of carbonyl (C=O) groups excluding carboxylic acids is 1. The number of hydrogen-bond acceptors (Lipinski definition) is 4. The number of rotatable bonds is 6. The van der Waals surface area contributed by atoms with Crippen LogP contribution >= 0.6 is 11.8 Å². The largest absolute Gasteiger partial charge is 0.462 e. The molecule has 3 nitrogen and oxygen atoms in total. The molecule has 86 valence electrons. The van der Waals surface area contributed by atoms with Gasteiger partial charge in [0.25, 0.3) is 0 Å². The average molecular weight is 229 g/mol. The zero-order valence-corrected chi connectivity index (χ0v) is 10.5.